The number of hydrogen-bond acceptors (Lipinski definition) is 4. The van der Waals surface area contributed by atoms with E-state index in [2.05, 4.69) is 0 Å². The second-order valence-corrected chi connectivity index (χ2v) is 7.88. The molecule has 6 heteroatoms. The van der Waals surface area contributed by atoms with E-state index < -0.39 is 0 Å². The van der Waals surface area contributed by atoms with Crippen molar-refractivity contribution < 1.29 is 19.1 Å². The van der Waals surface area contributed by atoms with Crippen LogP contribution in [-0.4, -0.2) is 48.9 Å². The molecule has 4 rings (SSSR count). The largest absolute Gasteiger partial charge is 0.497 e. The lowest BCUT2D eigenvalue weighted by atomic mass is 10.0. The van der Waals surface area contributed by atoms with Crippen LogP contribution in [0.1, 0.15) is 53.2 Å². The standard InChI is InChI=1S/C24H28N2O4/c1-29-19-10-11-20(22(15-19)30-2)21-8-4-13-26(21)24(28)18-7-3-6-17(14-18)16-25-12-5-9-23(25)27/h3,6-7,10-11,14-15,21H,4-5,8-9,12-13,16H2,1-2H3. The average Bonchev–Trinajstić information content (AvgIpc) is 3.42. The highest BCUT2D eigenvalue weighted by Gasteiger charge is 2.32. The maximum Gasteiger partial charge on any atom is 0.254 e. The van der Waals surface area contributed by atoms with Crippen molar-refractivity contribution in [2.75, 3.05) is 27.3 Å². The number of methoxy groups -OCH3 is 2. The molecule has 6 nitrogen and oxygen atoms in total. The molecule has 0 spiro atoms. The topological polar surface area (TPSA) is 59.1 Å². The Kier molecular flexibility index (Phi) is 5.93. The molecule has 158 valence electrons. The van der Waals surface area contributed by atoms with Gasteiger partial charge in [0.1, 0.15) is 11.5 Å². The number of carbonyl (C=O) groups excluding carboxylic acids is 2. The van der Waals surface area contributed by atoms with Crippen LogP contribution in [0.15, 0.2) is 42.5 Å². The molecule has 0 saturated carbocycles. The number of likely N-dealkylation sites (tertiary alicyclic amines) is 2. The van der Waals surface area contributed by atoms with Gasteiger partial charge in [-0.2, -0.15) is 0 Å². The second kappa shape index (κ2) is 8.78. The van der Waals surface area contributed by atoms with Crippen molar-refractivity contribution in [3.63, 3.8) is 0 Å². The normalized spacial score (nSPS) is 18.7. The summed E-state index contributed by atoms with van der Waals surface area (Å²) >= 11 is 0. The van der Waals surface area contributed by atoms with Crippen LogP contribution in [-0.2, 0) is 11.3 Å². The Morgan fingerprint density at radius 2 is 1.93 bits per heavy atom. The van der Waals surface area contributed by atoms with E-state index in [0.717, 1.165) is 48.4 Å². The Morgan fingerprint density at radius 3 is 2.67 bits per heavy atom. The van der Waals surface area contributed by atoms with Crippen molar-refractivity contribution in [2.24, 2.45) is 0 Å². The zero-order chi connectivity index (χ0) is 21.1. The van der Waals surface area contributed by atoms with Crippen LogP contribution in [0.4, 0.5) is 0 Å². The summed E-state index contributed by atoms with van der Waals surface area (Å²) in [6.07, 6.45) is 3.39. The molecule has 2 aliphatic heterocycles. The molecule has 0 N–H and O–H groups in total. The lowest BCUT2D eigenvalue weighted by molar-refractivity contribution is -0.128. The van der Waals surface area contributed by atoms with Crippen molar-refractivity contribution >= 4 is 11.8 Å². The van der Waals surface area contributed by atoms with E-state index >= 15 is 0 Å². The van der Waals surface area contributed by atoms with Gasteiger partial charge in [-0.05, 0) is 49.1 Å². The average molecular weight is 408 g/mol. The first-order valence-electron chi connectivity index (χ1n) is 10.5. The number of benzene rings is 2. The van der Waals surface area contributed by atoms with E-state index in [-0.39, 0.29) is 17.9 Å². The summed E-state index contributed by atoms with van der Waals surface area (Å²) in [5, 5.41) is 0. The third kappa shape index (κ3) is 3.99. The fourth-order valence-corrected chi connectivity index (χ4v) is 4.49. The summed E-state index contributed by atoms with van der Waals surface area (Å²) in [6, 6.07) is 13.4. The van der Waals surface area contributed by atoms with Gasteiger partial charge >= 0.3 is 0 Å². The van der Waals surface area contributed by atoms with Gasteiger partial charge in [-0.1, -0.05) is 12.1 Å². The van der Waals surface area contributed by atoms with Crippen LogP contribution >= 0.6 is 0 Å². The van der Waals surface area contributed by atoms with Crippen LogP contribution in [0.2, 0.25) is 0 Å². The molecule has 2 amide bonds. The predicted octanol–water partition coefficient (Wildman–Crippen LogP) is 3.80. The summed E-state index contributed by atoms with van der Waals surface area (Å²) in [4.78, 5) is 29.1. The van der Waals surface area contributed by atoms with E-state index in [4.69, 9.17) is 9.47 Å². The minimum absolute atomic E-state index is 0.0185. The first-order valence-corrected chi connectivity index (χ1v) is 10.5. The molecule has 0 aromatic heterocycles. The predicted molar refractivity (Wildman–Crippen MR) is 114 cm³/mol. The molecule has 2 saturated heterocycles. The summed E-state index contributed by atoms with van der Waals surface area (Å²) in [5.41, 5.74) is 2.66. The molecular weight excluding hydrogens is 380 g/mol. The first-order chi connectivity index (χ1) is 14.6. The molecular formula is C24H28N2O4. The number of hydrogen-bond donors (Lipinski definition) is 0. The third-order valence-electron chi connectivity index (χ3n) is 6.03. The Morgan fingerprint density at radius 1 is 1.07 bits per heavy atom. The van der Waals surface area contributed by atoms with Crippen molar-refractivity contribution in [3.05, 3.63) is 59.2 Å². The first kappa shape index (κ1) is 20.3. The van der Waals surface area contributed by atoms with E-state index in [9.17, 15) is 9.59 Å². The van der Waals surface area contributed by atoms with Crippen LogP contribution in [0.3, 0.4) is 0 Å². The molecule has 0 bridgehead atoms. The SMILES string of the molecule is COc1ccc(C2CCCN2C(=O)c2cccc(CN3CCCC3=O)c2)c(OC)c1. The molecule has 2 aromatic carbocycles. The molecule has 1 unspecified atom stereocenters. The van der Waals surface area contributed by atoms with Gasteiger partial charge in [0.25, 0.3) is 5.91 Å². The summed E-state index contributed by atoms with van der Waals surface area (Å²) < 4.78 is 10.9. The number of ether oxygens (including phenoxy) is 2. The van der Waals surface area contributed by atoms with Crippen LogP contribution < -0.4 is 9.47 Å². The number of carbonyl (C=O) groups is 2. The molecule has 2 heterocycles. The van der Waals surface area contributed by atoms with Crippen LogP contribution in [0, 0.1) is 0 Å². The van der Waals surface area contributed by atoms with Crippen molar-refractivity contribution in [1.82, 2.24) is 9.80 Å². The molecule has 1 atom stereocenters. The molecule has 0 radical (unpaired) electrons. The van der Waals surface area contributed by atoms with Gasteiger partial charge < -0.3 is 19.3 Å². The van der Waals surface area contributed by atoms with Gasteiger partial charge in [0, 0.05) is 43.2 Å². The van der Waals surface area contributed by atoms with Gasteiger partial charge in [0.2, 0.25) is 5.91 Å². The highest BCUT2D eigenvalue weighted by Crippen LogP contribution is 2.39. The number of amides is 2. The summed E-state index contributed by atoms with van der Waals surface area (Å²) in [5.74, 6) is 1.68. The van der Waals surface area contributed by atoms with E-state index in [1.807, 2.05) is 52.3 Å². The summed E-state index contributed by atoms with van der Waals surface area (Å²) in [6.45, 7) is 2.08. The van der Waals surface area contributed by atoms with Crippen molar-refractivity contribution in [2.45, 2.75) is 38.3 Å². The quantitative estimate of drug-likeness (QED) is 0.729. The summed E-state index contributed by atoms with van der Waals surface area (Å²) in [7, 11) is 3.27. The van der Waals surface area contributed by atoms with Crippen LogP contribution in [0.5, 0.6) is 11.5 Å². The lowest BCUT2D eigenvalue weighted by Gasteiger charge is -2.27. The third-order valence-corrected chi connectivity index (χ3v) is 6.03. The van der Waals surface area contributed by atoms with Crippen LogP contribution in [0.25, 0.3) is 0 Å². The zero-order valence-electron chi connectivity index (χ0n) is 17.6. The highest BCUT2D eigenvalue weighted by molar-refractivity contribution is 5.95. The van der Waals surface area contributed by atoms with E-state index in [0.29, 0.717) is 25.1 Å². The Balaban J connectivity index is 1.55. The minimum Gasteiger partial charge on any atom is -0.497 e. The minimum atomic E-state index is -0.0258. The van der Waals surface area contributed by atoms with E-state index in [1.165, 1.54) is 0 Å². The Hall–Kier alpha value is -3.02. The van der Waals surface area contributed by atoms with Gasteiger partial charge in [-0.15, -0.1) is 0 Å². The molecule has 2 aromatic rings. The number of rotatable bonds is 6. The smallest absolute Gasteiger partial charge is 0.254 e. The lowest BCUT2D eigenvalue weighted by Crippen LogP contribution is -2.31. The molecule has 2 fully saturated rings. The van der Waals surface area contributed by atoms with Gasteiger partial charge in [-0.3, -0.25) is 9.59 Å². The molecule has 0 aliphatic carbocycles. The van der Waals surface area contributed by atoms with Gasteiger partial charge in [0.05, 0.1) is 20.3 Å². The van der Waals surface area contributed by atoms with Gasteiger partial charge in [0.15, 0.2) is 0 Å². The van der Waals surface area contributed by atoms with Gasteiger partial charge in [-0.25, -0.2) is 0 Å². The van der Waals surface area contributed by atoms with Crippen molar-refractivity contribution in [1.29, 1.82) is 0 Å². The fraction of sp³-hybridized carbons (Fsp3) is 0.417. The van der Waals surface area contributed by atoms with E-state index in [1.54, 1.807) is 14.2 Å². The number of nitrogens with zero attached hydrogens (tertiary/aromatic N) is 2. The highest BCUT2D eigenvalue weighted by atomic mass is 16.5. The Bertz CT molecular complexity index is 943. The fourth-order valence-electron chi connectivity index (χ4n) is 4.49. The monoisotopic (exact) mass is 408 g/mol. The van der Waals surface area contributed by atoms with Crippen molar-refractivity contribution in [3.8, 4) is 11.5 Å². The second-order valence-electron chi connectivity index (χ2n) is 7.88. The molecule has 30 heavy (non-hydrogen) atoms. The molecule has 2 aliphatic rings. The zero-order valence-corrected chi connectivity index (χ0v) is 17.6. The Labute approximate surface area is 177 Å². The maximum absolute atomic E-state index is 13.4. The maximum atomic E-state index is 13.4.